The van der Waals surface area contributed by atoms with E-state index >= 15 is 0 Å². The molecular formula is C18H12ClN3O3S. The molecule has 0 aliphatic rings. The number of carbonyl (C=O) groups excluding carboxylic acids is 2. The molecule has 0 spiro atoms. The topological polar surface area (TPSA) is 94.6 Å². The predicted molar refractivity (Wildman–Crippen MR) is 100 cm³/mol. The van der Waals surface area contributed by atoms with Crippen LogP contribution >= 0.6 is 22.9 Å². The van der Waals surface area contributed by atoms with Crippen LogP contribution in [0.4, 0.5) is 0 Å². The summed E-state index contributed by atoms with van der Waals surface area (Å²) in [5, 5.41) is 6.22. The maximum atomic E-state index is 12.0. The van der Waals surface area contributed by atoms with E-state index in [1.807, 2.05) is 0 Å². The van der Waals surface area contributed by atoms with Crippen molar-refractivity contribution in [2.24, 2.45) is 10.9 Å². The van der Waals surface area contributed by atoms with Crippen LogP contribution in [0.3, 0.4) is 0 Å². The minimum atomic E-state index is -0.845. The first-order chi connectivity index (χ1) is 12.5. The molecule has 0 bridgehead atoms. The molecule has 0 fully saturated rings. The lowest BCUT2D eigenvalue weighted by Crippen LogP contribution is -2.25. The summed E-state index contributed by atoms with van der Waals surface area (Å²) in [4.78, 5) is 32.8. The summed E-state index contributed by atoms with van der Waals surface area (Å²) < 4.78 is 0. The summed E-state index contributed by atoms with van der Waals surface area (Å²) in [5.74, 6) is -1.54. The molecule has 2 aromatic carbocycles. The molecule has 8 heteroatoms. The quantitative estimate of drug-likeness (QED) is 0.413. The molecule has 0 atom stereocenters. The van der Waals surface area contributed by atoms with E-state index in [-0.39, 0.29) is 10.7 Å². The van der Waals surface area contributed by atoms with Gasteiger partial charge in [0, 0.05) is 16.0 Å². The number of halogens is 1. The summed E-state index contributed by atoms with van der Waals surface area (Å²) in [6.45, 7) is 0. The Labute approximate surface area is 157 Å². The van der Waals surface area contributed by atoms with Crippen molar-refractivity contribution in [3.8, 4) is 11.3 Å². The van der Waals surface area contributed by atoms with Gasteiger partial charge in [-0.2, -0.15) is 0 Å². The van der Waals surface area contributed by atoms with Gasteiger partial charge in [-0.1, -0.05) is 47.1 Å². The Morgan fingerprint density at radius 2 is 1.77 bits per heavy atom. The Bertz CT molecular complexity index is 969. The minimum Gasteiger partial charge on any atom is -0.364 e. The number of primary amides is 1. The molecule has 0 unspecified atom stereocenters. The molecule has 0 aliphatic heterocycles. The van der Waals surface area contributed by atoms with Gasteiger partial charge < -0.3 is 10.6 Å². The average molecular weight is 386 g/mol. The van der Waals surface area contributed by atoms with E-state index in [2.05, 4.69) is 10.1 Å². The number of amides is 1. The molecule has 0 aliphatic carbocycles. The van der Waals surface area contributed by atoms with Crippen LogP contribution in [-0.4, -0.2) is 22.6 Å². The lowest BCUT2D eigenvalue weighted by Gasteiger charge is -2.00. The normalized spacial score (nSPS) is 11.2. The van der Waals surface area contributed by atoms with E-state index in [9.17, 15) is 9.59 Å². The number of thiazole rings is 1. The molecule has 6 nitrogen and oxygen atoms in total. The Kier molecular flexibility index (Phi) is 5.40. The molecule has 1 heterocycles. The van der Waals surface area contributed by atoms with Crippen LogP contribution in [0.25, 0.3) is 11.3 Å². The summed E-state index contributed by atoms with van der Waals surface area (Å²) in [7, 11) is 0. The zero-order valence-corrected chi connectivity index (χ0v) is 14.8. The van der Waals surface area contributed by atoms with Crippen molar-refractivity contribution in [3.05, 3.63) is 75.6 Å². The number of oxime groups is 1. The van der Waals surface area contributed by atoms with Gasteiger partial charge in [0.2, 0.25) is 5.71 Å². The third-order valence-corrected chi connectivity index (χ3v) is 4.41. The van der Waals surface area contributed by atoms with Gasteiger partial charge in [0.1, 0.15) is 0 Å². The van der Waals surface area contributed by atoms with Crippen molar-refractivity contribution in [2.45, 2.75) is 0 Å². The Hall–Kier alpha value is -3.03. The van der Waals surface area contributed by atoms with Crippen LogP contribution < -0.4 is 5.73 Å². The fraction of sp³-hybridized carbons (Fsp3) is 0. The number of carbonyl (C=O) groups is 2. The van der Waals surface area contributed by atoms with Crippen LogP contribution in [0, 0.1) is 0 Å². The second kappa shape index (κ2) is 7.90. The lowest BCUT2D eigenvalue weighted by molar-refractivity contribution is -0.112. The van der Waals surface area contributed by atoms with Crippen molar-refractivity contribution < 1.29 is 14.4 Å². The summed E-state index contributed by atoms with van der Waals surface area (Å²) >= 11 is 7.04. The fourth-order valence-corrected chi connectivity index (χ4v) is 2.98. The molecule has 130 valence electrons. The Morgan fingerprint density at radius 3 is 2.42 bits per heavy atom. The van der Waals surface area contributed by atoms with E-state index in [0.717, 1.165) is 5.56 Å². The van der Waals surface area contributed by atoms with Gasteiger partial charge in [-0.05, 0) is 24.3 Å². The number of aromatic nitrogens is 1. The number of hydrogen-bond acceptors (Lipinski definition) is 6. The van der Waals surface area contributed by atoms with Crippen molar-refractivity contribution in [1.29, 1.82) is 0 Å². The summed E-state index contributed by atoms with van der Waals surface area (Å²) in [6.07, 6.45) is 0. The zero-order chi connectivity index (χ0) is 18.5. The molecule has 3 rings (SSSR count). The van der Waals surface area contributed by atoms with Gasteiger partial charge in [0.15, 0.2) is 5.01 Å². The number of nitrogens with two attached hydrogens (primary N) is 1. The van der Waals surface area contributed by atoms with Crippen LogP contribution in [0.1, 0.15) is 15.4 Å². The van der Waals surface area contributed by atoms with Crippen molar-refractivity contribution >= 4 is 40.5 Å². The van der Waals surface area contributed by atoms with Crippen LogP contribution in [0.15, 0.2) is 65.1 Å². The molecule has 26 heavy (non-hydrogen) atoms. The number of benzene rings is 2. The minimum absolute atomic E-state index is 0.223. The first-order valence-corrected chi connectivity index (χ1v) is 8.66. The van der Waals surface area contributed by atoms with Gasteiger partial charge in [-0.25, -0.2) is 9.78 Å². The van der Waals surface area contributed by atoms with Crippen LogP contribution in [0.2, 0.25) is 5.02 Å². The van der Waals surface area contributed by atoms with Gasteiger partial charge >= 0.3 is 5.97 Å². The maximum Gasteiger partial charge on any atom is 0.365 e. The molecule has 1 aromatic heterocycles. The molecule has 0 saturated carbocycles. The molecule has 3 aromatic rings. The van der Waals surface area contributed by atoms with E-state index in [1.165, 1.54) is 11.3 Å². The SMILES string of the molecule is NC(=O)/C(=N/OC(=O)c1ccccc1)c1nc(-c2ccc(Cl)cc2)cs1. The average Bonchev–Trinajstić information content (AvgIpc) is 3.12. The van der Waals surface area contributed by atoms with Crippen LogP contribution in [0.5, 0.6) is 0 Å². The Balaban J connectivity index is 1.83. The van der Waals surface area contributed by atoms with Gasteiger partial charge in [-0.15, -0.1) is 11.3 Å². The third-order valence-electron chi connectivity index (χ3n) is 3.31. The van der Waals surface area contributed by atoms with Crippen LogP contribution in [-0.2, 0) is 9.63 Å². The summed E-state index contributed by atoms with van der Waals surface area (Å²) in [6, 6.07) is 15.4. The number of hydrogen-bond donors (Lipinski definition) is 1. The Morgan fingerprint density at radius 1 is 1.08 bits per heavy atom. The smallest absolute Gasteiger partial charge is 0.364 e. The first-order valence-electron chi connectivity index (χ1n) is 7.40. The highest BCUT2D eigenvalue weighted by Crippen LogP contribution is 2.24. The van der Waals surface area contributed by atoms with Gasteiger partial charge in [-0.3, -0.25) is 4.79 Å². The standard InChI is InChI=1S/C18H12ClN3O3S/c19-13-8-6-11(7-9-13)14-10-26-17(21-14)15(16(20)23)22-25-18(24)12-4-2-1-3-5-12/h1-10H,(H2,20,23)/b22-15-. The second-order valence-corrected chi connectivity index (χ2v) is 6.39. The van der Waals surface area contributed by atoms with E-state index < -0.39 is 11.9 Å². The highest BCUT2D eigenvalue weighted by atomic mass is 35.5. The van der Waals surface area contributed by atoms with E-state index in [4.69, 9.17) is 22.2 Å². The highest BCUT2D eigenvalue weighted by molar-refractivity contribution is 7.13. The highest BCUT2D eigenvalue weighted by Gasteiger charge is 2.18. The maximum absolute atomic E-state index is 12.0. The molecule has 2 N–H and O–H groups in total. The van der Waals surface area contributed by atoms with E-state index in [0.29, 0.717) is 16.3 Å². The zero-order valence-electron chi connectivity index (χ0n) is 13.3. The van der Waals surface area contributed by atoms with E-state index in [1.54, 1.807) is 60.0 Å². The molecular weight excluding hydrogens is 374 g/mol. The predicted octanol–water partition coefficient (Wildman–Crippen LogP) is 3.51. The first kappa shape index (κ1) is 17.8. The third kappa shape index (κ3) is 4.14. The van der Waals surface area contributed by atoms with Crippen molar-refractivity contribution in [3.63, 3.8) is 0 Å². The van der Waals surface area contributed by atoms with Crippen molar-refractivity contribution in [1.82, 2.24) is 4.98 Å². The lowest BCUT2D eigenvalue weighted by atomic mass is 10.2. The number of rotatable bonds is 5. The molecule has 0 radical (unpaired) electrons. The molecule has 0 saturated heterocycles. The number of nitrogens with zero attached hydrogens (tertiary/aromatic N) is 2. The van der Waals surface area contributed by atoms with Gasteiger partial charge in [0.25, 0.3) is 5.91 Å². The fourth-order valence-electron chi connectivity index (χ4n) is 2.04. The summed E-state index contributed by atoms with van der Waals surface area (Å²) in [5.41, 5.74) is 6.88. The monoisotopic (exact) mass is 385 g/mol. The van der Waals surface area contributed by atoms with Crippen molar-refractivity contribution in [2.75, 3.05) is 0 Å². The second-order valence-electron chi connectivity index (χ2n) is 5.09. The molecule has 1 amide bonds. The largest absolute Gasteiger partial charge is 0.365 e. The van der Waals surface area contributed by atoms with Gasteiger partial charge in [0.05, 0.1) is 11.3 Å².